The van der Waals surface area contributed by atoms with Gasteiger partial charge in [0.25, 0.3) is 11.1 Å². The zero-order valence-electron chi connectivity index (χ0n) is 9.06. The number of aryl methyl sites for hydroxylation is 1. The number of amides is 2. The number of anilines is 1. The number of carbonyl (C=O) groups is 2. The minimum Gasteiger partial charge on any atom is -0.354 e. The third-order valence-electron chi connectivity index (χ3n) is 2.46. The fourth-order valence-corrected chi connectivity index (χ4v) is 2.33. The SMILES string of the molecule is Cc1ccc(N(C)[C@H]2SC(=O)NC2=O)cc1. The van der Waals surface area contributed by atoms with E-state index in [1.807, 2.05) is 31.2 Å². The molecule has 1 heterocycles. The molecule has 1 aromatic rings. The third-order valence-corrected chi connectivity index (χ3v) is 3.53. The molecule has 1 atom stereocenters. The van der Waals surface area contributed by atoms with Gasteiger partial charge >= 0.3 is 0 Å². The molecule has 2 amide bonds. The van der Waals surface area contributed by atoms with Crippen LogP contribution in [-0.2, 0) is 4.79 Å². The molecule has 84 valence electrons. The molecule has 0 saturated carbocycles. The number of nitrogens with one attached hydrogen (secondary N) is 1. The van der Waals surface area contributed by atoms with Gasteiger partial charge in [0.05, 0.1) is 0 Å². The maximum absolute atomic E-state index is 11.5. The van der Waals surface area contributed by atoms with Crippen molar-refractivity contribution in [3.63, 3.8) is 0 Å². The molecule has 1 saturated heterocycles. The summed E-state index contributed by atoms with van der Waals surface area (Å²) in [5.41, 5.74) is 2.09. The number of imide groups is 1. The van der Waals surface area contributed by atoms with Crippen molar-refractivity contribution in [2.24, 2.45) is 0 Å². The molecule has 1 aromatic carbocycles. The Morgan fingerprint density at radius 3 is 2.38 bits per heavy atom. The Kier molecular flexibility index (Phi) is 2.87. The fourth-order valence-electron chi connectivity index (χ4n) is 1.52. The van der Waals surface area contributed by atoms with Gasteiger partial charge in [0.2, 0.25) is 0 Å². The highest BCUT2D eigenvalue weighted by Crippen LogP contribution is 2.26. The van der Waals surface area contributed by atoms with Crippen molar-refractivity contribution in [1.29, 1.82) is 0 Å². The lowest BCUT2D eigenvalue weighted by Gasteiger charge is -2.23. The molecule has 0 spiro atoms. The predicted molar refractivity (Wildman–Crippen MR) is 64.5 cm³/mol. The summed E-state index contributed by atoms with van der Waals surface area (Å²) in [6.45, 7) is 2.00. The van der Waals surface area contributed by atoms with Crippen LogP contribution in [0.25, 0.3) is 0 Å². The summed E-state index contributed by atoms with van der Waals surface area (Å²) in [4.78, 5) is 24.3. The van der Waals surface area contributed by atoms with Gasteiger partial charge in [0.15, 0.2) is 5.37 Å². The Balaban J connectivity index is 2.19. The van der Waals surface area contributed by atoms with Gasteiger partial charge in [-0.2, -0.15) is 0 Å². The van der Waals surface area contributed by atoms with Gasteiger partial charge in [0.1, 0.15) is 0 Å². The lowest BCUT2D eigenvalue weighted by Crippen LogP contribution is -2.36. The number of likely N-dealkylation sites (N-methyl/N-ethyl adjacent to an activating group) is 1. The monoisotopic (exact) mass is 236 g/mol. The summed E-state index contributed by atoms with van der Waals surface area (Å²) in [5.74, 6) is -0.252. The molecule has 16 heavy (non-hydrogen) atoms. The first-order valence-electron chi connectivity index (χ1n) is 4.89. The average Bonchev–Trinajstić information content (AvgIpc) is 2.58. The van der Waals surface area contributed by atoms with Gasteiger partial charge < -0.3 is 4.90 Å². The first kappa shape index (κ1) is 11.0. The second kappa shape index (κ2) is 4.17. The van der Waals surface area contributed by atoms with E-state index in [1.165, 1.54) is 0 Å². The van der Waals surface area contributed by atoms with Crippen molar-refractivity contribution in [3.8, 4) is 0 Å². The van der Waals surface area contributed by atoms with E-state index < -0.39 is 5.37 Å². The van der Waals surface area contributed by atoms with Crippen LogP contribution in [0.3, 0.4) is 0 Å². The van der Waals surface area contributed by atoms with Crippen molar-refractivity contribution in [1.82, 2.24) is 5.32 Å². The topological polar surface area (TPSA) is 49.4 Å². The normalized spacial score (nSPS) is 19.8. The summed E-state index contributed by atoms with van der Waals surface area (Å²) in [6.07, 6.45) is 0. The van der Waals surface area contributed by atoms with Crippen LogP contribution in [0.4, 0.5) is 10.5 Å². The Hall–Kier alpha value is -1.49. The predicted octanol–water partition coefficient (Wildman–Crippen LogP) is 1.74. The van der Waals surface area contributed by atoms with Crippen molar-refractivity contribution < 1.29 is 9.59 Å². The number of nitrogens with zero attached hydrogens (tertiary/aromatic N) is 1. The first-order valence-corrected chi connectivity index (χ1v) is 5.77. The standard InChI is InChI=1S/C11H12N2O2S/c1-7-3-5-8(6-4-7)13(2)10-9(14)12-11(15)16-10/h3-6,10H,1-2H3,(H,12,14,15)/t10-/m0/s1. The lowest BCUT2D eigenvalue weighted by molar-refractivity contribution is -0.118. The zero-order valence-corrected chi connectivity index (χ0v) is 9.88. The Morgan fingerprint density at radius 2 is 1.88 bits per heavy atom. The van der Waals surface area contributed by atoms with Gasteiger partial charge in [-0.15, -0.1) is 0 Å². The van der Waals surface area contributed by atoms with Crippen LogP contribution in [0.1, 0.15) is 5.56 Å². The van der Waals surface area contributed by atoms with E-state index in [9.17, 15) is 9.59 Å². The number of rotatable bonds is 2. The molecule has 0 radical (unpaired) electrons. The van der Waals surface area contributed by atoms with Crippen molar-refractivity contribution >= 4 is 28.6 Å². The number of hydrogen-bond acceptors (Lipinski definition) is 4. The second-order valence-corrected chi connectivity index (χ2v) is 4.75. The van der Waals surface area contributed by atoms with E-state index in [2.05, 4.69) is 5.32 Å². The van der Waals surface area contributed by atoms with Gasteiger partial charge in [-0.1, -0.05) is 17.7 Å². The summed E-state index contributed by atoms with van der Waals surface area (Å²) < 4.78 is 0. The van der Waals surface area contributed by atoms with Crippen LogP contribution in [0, 0.1) is 6.92 Å². The summed E-state index contributed by atoms with van der Waals surface area (Å²) in [7, 11) is 1.81. The number of carbonyl (C=O) groups excluding carboxylic acids is 2. The molecule has 2 rings (SSSR count). The van der Waals surface area contributed by atoms with E-state index in [0.29, 0.717) is 0 Å². The smallest absolute Gasteiger partial charge is 0.288 e. The first-order chi connectivity index (χ1) is 7.58. The highest BCUT2D eigenvalue weighted by Gasteiger charge is 2.34. The van der Waals surface area contributed by atoms with Gasteiger partial charge in [-0.3, -0.25) is 14.9 Å². The van der Waals surface area contributed by atoms with Crippen LogP contribution in [-0.4, -0.2) is 23.6 Å². The summed E-state index contributed by atoms with van der Waals surface area (Å²) in [6, 6.07) is 7.83. The fraction of sp³-hybridized carbons (Fsp3) is 0.273. The molecule has 1 aliphatic rings. The molecule has 5 heteroatoms. The van der Waals surface area contributed by atoms with Gasteiger partial charge in [-0.05, 0) is 30.8 Å². The van der Waals surface area contributed by atoms with Crippen LogP contribution in [0.2, 0.25) is 0 Å². The Morgan fingerprint density at radius 1 is 1.25 bits per heavy atom. The molecule has 0 bridgehead atoms. The maximum Gasteiger partial charge on any atom is 0.288 e. The van der Waals surface area contributed by atoms with E-state index in [1.54, 1.807) is 11.9 Å². The molecule has 1 fully saturated rings. The van der Waals surface area contributed by atoms with Crippen LogP contribution < -0.4 is 10.2 Å². The molecule has 1 aliphatic heterocycles. The zero-order chi connectivity index (χ0) is 11.7. The Bertz CT molecular complexity index is 430. The molecule has 1 N–H and O–H groups in total. The third kappa shape index (κ3) is 2.04. The van der Waals surface area contributed by atoms with Crippen LogP contribution >= 0.6 is 11.8 Å². The van der Waals surface area contributed by atoms with E-state index in [-0.39, 0.29) is 11.1 Å². The minimum absolute atomic E-state index is 0.252. The van der Waals surface area contributed by atoms with Crippen LogP contribution in [0.5, 0.6) is 0 Å². The lowest BCUT2D eigenvalue weighted by atomic mass is 10.2. The number of hydrogen-bond donors (Lipinski definition) is 1. The highest BCUT2D eigenvalue weighted by molar-refractivity contribution is 8.15. The van der Waals surface area contributed by atoms with Crippen molar-refractivity contribution in [3.05, 3.63) is 29.8 Å². The van der Waals surface area contributed by atoms with E-state index in [0.717, 1.165) is 23.0 Å². The summed E-state index contributed by atoms with van der Waals surface area (Å²) >= 11 is 1.01. The number of thioether (sulfide) groups is 1. The second-order valence-electron chi connectivity index (χ2n) is 3.69. The molecule has 4 nitrogen and oxygen atoms in total. The minimum atomic E-state index is -0.463. The average molecular weight is 236 g/mol. The van der Waals surface area contributed by atoms with Gasteiger partial charge in [0, 0.05) is 12.7 Å². The molecular weight excluding hydrogens is 224 g/mol. The molecule has 0 unspecified atom stereocenters. The highest BCUT2D eigenvalue weighted by atomic mass is 32.2. The van der Waals surface area contributed by atoms with Crippen LogP contribution in [0.15, 0.2) is 24.3 Å². The van der Waals surface area contributed by atoms with Crippen molar-refractivity contribution in [2.45, 2.75) is 12.3 Å². The summed E-state index contributed by atoms with van der Waals surface area (Å²) in [5, 5.41) is 1.53. The van der Waals surface area contributed by atoms with E-state index in [4.69, 9.17) is 0 Å². The van der Waals surface area contributed by atoms with Gasteiger partial charge in [-0.25, -0.2) is 0 Å². The molecular formula is C11H12N2O2S. The number of benzene rings is 1. The Labute approximate surface area is 98.0 Å². The largest absolute Gasteiger partial charge is 0.354 e. The quantitative estimate of drug-likeness (QED) is 0.849. The maximum atomic E-state index is 11.5. The molecule has 0 aliphatic carbocycles. The van der Waals surface area contributed by atoms with Crippen molar-refractivity contribution in [2.75, 3.05) is 11.9 Å². The molecule has 0 aromatic heterocycles. The van der Waals surface area contributed by atoms with E-state index >= 15 is 0 Å².